The van der Waals surface area contributed by atoms with Gasteiger partial charge in [0.1, 0.15) is 22.8 Å². The summed E-state index contributed by atoms with van der Waals surface area (Å²) in [6.07, 6.45) is 6.18. The maximum absolute atomic E-state index is 12.6. The normalized spacial score (nSPS) is 19.1. The highest BCUT2D eigenvalue weighted by Crippen LogP contribution is 2.36. The molecule has 2 aliphatic rings. The molecular formula is C16H21NO4. The molecule has 1 aromatic carbocycles. The first-order chi connectivity index (χ1) is 10.1. The molecule has 2 N–H and O–H groups in total. The van der Waals surface area contributed by atoms with Gasteiger partial charge in [-0.15, -0.1) is 0 Å². The van der Waals surface area contributed by atoms with E-state index < -0.39 is 0 Å². The molecule has 0 radical (unpaired) electrons. The van der Waals surface area contributed by atoms with E-state index in [1.54, 1.807) is 4.90 Å². The number of phenolic OH excluding ortho intramolecular Hbond substituents is 2. The van der Waals surface area contributed by atoms with Gasteiger partial charge in [-0.2, -0.15) is 0 Å². The summed E-state index contributed by atoms with van der Waals surface area (Å²) in [7, 11) is 0. The van der Waals surface area contributed by atoms with Gasteiger partial charge in [-0.1, -0.05) is 0 Å². The predicted octanol–water partition coefficient (Wildman–Crippen LogP) is 2.66. The molecule has 0 bridgehead atoms. The van der Waals surface area contributed by atoms with Crippen LogP contribution in [-0.2, 0) is 0 Å². The Balaban J connectivity index is 1.90. The number of rotatable bonds is 3. The molecule has 1 saturated carbocycles. The molecule has 0 aromatic heterocycles. The Bertz CT molecular complexity index is 531. The van der Waals surface area contributed by atoms with Crippen molar-refractivity contribution in [2.75, 3.05) is 13.1 Å². The molecule has 21 heavy (non-hydrogen) atoms. The molecule has 1 heterocycles. The summed E-state index contributed by atoms with van der Waals surface area (Å²) in [6, 6.07) is 2.63. The number of carbonyl (C=O) groups excluding carboxylic acids is 1. The Kier molecular flexibility index (Phi) is 3.90. The van der Waals surface area contributed by atoms with Crippen molar-refractivity contribution in [1.29, 1.82) is 0 Å². The zero-order chi connectivity index (χ0) is 14.8. The lowest BCUT2D eigenvalue weighted by molar-refractivity contribution is 0.0782. The summed E-state index contributed by atoms with van der Waals surface area (Å²) >= 11 is 0. The Morgan fingerprint density at radius 3 is 2.43 bits per heavy atom. The SMILES string of the molecule is O=C(c1c(O)cc(O)cc1OC1CCCC1)N1CCCC1. The van der Waals surface area contributed by atoms with Crippen molar-refractivity contribution in [3.63, 3.8) is 0 Å². The van der Waals surface area contributed by atoms with E-state index in [-0.39, 0.29) is 29.1 Å². The molecule has 1 saturated heterocycles. The highest BCUT2D eigenvalue weighted by atomic mass is 16.5. The van der Waals surface area contributed by atoms with E-state index in [1.807, 2.05) is 0 Å². The first-order valence-electron chi connectivity index (χ1n) is 7.67. The molecule has 2 fully saturated rings. The first kappa shape index (κ1) is 14.0. The Morgan fingerprint density at radius 1 is 1.10 bits per heavy atom. The highest BCUT2D eigenvalue weighted by molar-refractivity contribution is 6.00. The van der Waals surface area contributed by atoms with E-state index in [2.05, 4.69) is 0 Å². The van der Waals surface area contributed by atoms with E-state index in [0.29, 0.717) is 18.8 Å². The number of nitrogens with zero attached hydrogens (tertiary/aromatic N) is 1. The fraction of sp³-hybridized carbons (Fsp3) is 0.562. The molecule has 0 atom stereocenters. The number of aromatic hydroxyl groups is 2. The molecular weight excluding hydrogens is 270 g/mol. The van der Waals surface area contributed by atoms with Crippen LogP contribution in [-0.4, -0.2) is 40.2 Å². The lowest BCUT2D eigenvalue weighted by atomic mass is 10.1. The number of likely N-dealkylation sites (tertiary alicyclic amines) is 1. The van der Waals surface area contributed by atoms with Crippen LogP contribution in [0.2, 0.25) is 0 Å². The summed E-state index contributed by atoms with van der Waals surface area (Å²) in [5, 5.41) is 19.8. The first-order valence-corrected chi connectivity index (χ1v) is 7.67. The second kappa shape index (κ2) is 5.84. The number of amides is 1. The molecule has 1 aliphatic carbocycles. The maximum atomic E-state index is 12.6. The van der Waals surface area contributed by atoms with Gasteiger partial charge in [0.05, 0.1) is 6.10 Å². The molecule has 114 valence electrons. The molecule has 3 rings (SSSR count). The second-order valence-corrected chi connectivity index (χ2v) is 5.86. The Morgan fingerprint density at radius 2 is 1.76 bits per heavy atom. The van der Waals surface area contributed by atoms with Crippen LogP contribution in [0.25, 0.3) is 0 Å². The summed E-state index contributed by atoms with van der Waals surface area (Å²) in [5.41, 5.74) is 0.182. The quantitative estimate of drug-likeness (QED) is 0.898. The average Bonchev–Trinajstić information content (AvgIpc) is 3.10. The minimum atomic E-state index is -0.210. The van der Waals surface area contributed by atoms with Crippen LogP contribution < -0.4 is 4.74 Å². The fourth-order valence-electron chi connectivity index (χ4n) is 3.16. The van der Waals surface area contributed by atoms with Gasteiger partial charge in [-0.25, -0.2) is 0 Å². The fourth-order valence-corrected chi connectivity index (χ4v) is 3.16. The molecule has 0 unspecified atom stereocenters. The zero-order valence-electron chi connectivity index (χ0n) is 12.0. The zero-order valence-corrected chi connectivity index (χ0v) is 12.0. The minimum absolute atomic E-state index is 0.0660. The summed E-state index contributed by atoms with van der Waals surface area (Å²) < 4.78 is 5.88. The van der Waals surface area contributed by atoms with Crippen LogP contribution >= 0.6 is 0 Å². The van der Waals surface area contributed by atoms with Gasteiger partial charge >= 0.3 is 0 Å². The van der Waals surface area contributed by atoms with Crippen molar-refractivity contribution in [2.24, 2.45) is 0 Å². The van der Waals surface area contributed by atoms with E-state index in [0.717, 1.165) is 38.5 Å². The second-order valence-electron chi connectivity index (χ2n) is 5.86. The van der Waals surface area contributed by atoms with Crippen LogP contribution in [0, 0.1) is 0 Å². The molecule has 5 nitrogen and oxygen atoms in total. The number of hydrogen-bond acceptors (Lipinski definition) is 4. The van der Waals surface area contributed by atoms with Crippen LogP contribution in [0.4, 0.5) is 0 Å². The van der Waals surface area contributed by atoms with Crippen LogP contribution in [0.15, 0.2) is 12.1 Å². The summed E-state index contributed by atoms with van der Waals surface area (Å²) in [6.45, 7) is 1.42. The van der Waals surface area contributed by atoms with Crippen molar-refractivity contribution < 1.29 is 19.7 Å². The number of carbonyl (C=O) groups is 1. The lowest BCUT2D eigenvalue weighted by Gasteiger charge is -2.21. The average molecular weight is 291 g/mol. The lowest BCUT2D eigenvalue weighted by Crippen LogP contribution is -2.28. The number of ether oxygens (including phenoxy) is 1. The van der Waals surface area contributed by atoms with Gasteiger partial charge in [0.25, 0.3) is 5.91 Å². The standard InChI is InChI=1S/C16H21NO4/c18-11-9-13(19)15(16(20)17-7-3-4-8-17)14(10-11)21-12-5-1-2-6-12/h9-10,12,18-19H,1-8H2. The van der Waals surface area contributed by atoms with Crippen molar-refractivity contribution in [3.05, 3.63) is 17.7 Å². The van der Waals surface area contributed by atoms with Crippen molar-refractivity contribution in [3.8, 4) is 17.2 Å². The van der Waals surface area contributed by atoms with E-state index in [9.17, 15) is 15.0 Å². The minimum Gasteiger partial charge on any atom is -0.508 e. The molecule has 1 aromatic rings. The topological polar surface area (TPSA) is 70.0 Å². The third kappa shape index (κ3) is 2.91. The van der Waals surface area contributed by atoms with E-state index in [4.69, 9.17) is 4.74 Å². The number of benzene rings is 1. The van der Waals surface area contributed by atoms with Crippen molar-refractivity contribution in [1.82, 2.24) is 4.90 Å². The summed E-state index contributed by atoms with van der Waals surface area (Å²) in [5.74, 6) is -0.201. The largest absolute Gasteiger partial charge is 0.508 e. The van der Waals surface area contributed by atoms with E-state index in [1.165, 1.54) is 12.1 Å². The third-order valence-corrected chi connectivity index (χ3v) is 4.27. The van der Waals surface area contributed by atoms with Crippen LogP contribution in [0.5, 0.6) is 17.2 Å². The Hall–Kier alpha value is -1.91. The number of phenols is 2. The van der Waals surface area contributed by atoms with Crippen molar-refractivity contribution >= 4 is 5.91 Å². The maximum Gasteiger partial charge on any atom is 0.261 e. The highest BCUT2D eigenvalue weighted by Gasteiger charge is 2.28. The molecule has 1 amide bonds. The Labute approximate surface area is 124 Å². The predicted molar refractivity (Wildman–Crippen MR) is 77.8 cm³/mol. The number of hydrogen-bond donors (Lipinski definition) is 2. The van der Waals surface area contributed by atoms with Crippen LogP contribution in [0.1, 0.15) is 48.9 Å². The van der Waals surface area contributed by atoms with Crippen LogP contribution in [0.3, 0.4) is 0 Å². The third-order valence-electron chi connectivity index (χ3n) is 4.27. The van der Waals surface area contributed by atoms with Gasteiger partial charge < -0.3 is 19.8 Å². The van der Waals surface area contributed by atoms with Gasteiger partial charge in [0.2, 0.25) is 0 Å². The van der Waals surface area contributed by atoms with E-state index >= 15 is 0 Å². The smallest absolute Gasteiger partial charge is 0.261 e. The monoisotopic (exact) mass is 291 g/mol. The molecule has 5 heteroatoms. The van der Waals surface area contributed by atoms with Gasteiger partial charge in [0, 0.05) is 25.2 Å². The van der Waals surface area contributed by atoms with Gasteiger partial charge in [0.15, 0.2) is 0 Å². The molecule has 0 spiro atoms. The molecule has 1 aliphatic heterocycles. The summed E-state index contributed by atoms with van der Waals surface area (Å²) in [4.78, 5) is 14.3. The van der Waals surface area contributed by atoms with Gasteiger partial charge in [-0.05, 0) is 38.5 Å². The van der Waals surface area contributed by atoms with Gasteiger partial charge in [-0.3, -0.25) is 4.79 Å². The van der Waals surface area contributed by atoms with Crippen molar-refractivity contribution in [2.45, 2.75) is 44.6 Å².